The van der Waals surface area contributed by atoms with Crippen molar-refractivity contribution in [3.63, 3.8) is 0 Å². The number of likely N-dealkylation sites (tertiary alicyclic amines) is 1. The molecule has 0 spiro atoms. The van der Waals surface area contributed by atoms with E-state index in [1.165, 1.54) is 37.9 Å². The molecule has 1 fully saturated rings. The van der Waals surface area contributed by atoms with E-state index in [1.54, 1.807) is 11.7 Å². The number of piperidine rings is 1. The molecular weight excluding hydrogens is 356 g/mol. The van der Waals surface area contributed by atoms with Gasteiger partial charge >= 0.3 is 0 Å². The molecule has 0 aliphatic carbocycles. The molecule has 28 heavy (non-hydrogen) atoms. The van der Waals surface area contributed by atoms with Gasteiger partial charge in [-0.25, -0.2) is 4.68 Å². The molecule has 2 aromatic rings. The number of amides is 1. The lowest BCUT2D eigenvalue weighted by Gasteiger charge is -2.26. The van der Waals surface area contributed by atoms with Crippen LogP contribution in [-0.2, 0) is 18.4 Å². The highest BCUT2D eigenvalue weighted by Gasteiger charge is 2.13. The molecule has 3 rings (SSSR count). The van der Waals surface area contributed by atoms with Crippen LogP contribution in [0.4, 0.5) is 17.3 Å². The second kappa shape index (κ2) is 9.98. The molecule has 1 aliphatic heterocycles. The summed E-state index contributed by atoms with van der Waals surface area (Å²) in [6.07, 6.45) is 5.36. The predicted molar refractivity (Wildman–Crippen MR) is 111 cm³/mol. The largest absolute Gasteiger partial charge is 0.494 e. The maximum Gasteiger partial charge on any atom is 0.211 e. The third-order valence-electron chi connectivity index (χ3n) is 4.91. The normalized spacial score (nSPS) is 14.6. The number of rotatable bonds is 10. The topological polar surface area (TPSA) is 97.4 Å². The third-order valence-corrected chi connectivity index (χ3v) is 4.91. The van der Waals surface area contributed by atoms with Gasteiger partial charge < -0.3 is 21.1 Å². The van der Waals surface area contributed by atoms with Crippen LogP contribution in [0.15, 0.2) is 24.3 Å². The van der Waals surface area contributed by atoms with Crippen molar-refractivity contribution >= 4 is 23.7 Å². The minimum atomic E-state index is 0.291. The molecule has 8 heteroatoms. The first kappa shape index (κ1) is 20.0. The summed E-state index contributed by atoms with van der Waals surface area (Å²) < 4.78 is 7.53. The molecule has 1 amide bonds. The lowest BCUT2D eigenvalue weighted by atomic mass is 10.1. The van der Waals surface area contributed by atoms with Crippen molar-refractivity contribution < 1.29 is 9.53 Å². The predicted octanol–water partition coefficient (Wildman–Crippen LogP) is 2.44. The van der Waals surface area contributed by atoms with E-state index in [0.717, 1.165) is 18.7 Å². The smallest absolute Gasteiger partial charge is 0.211 e. The summed E-state index contributed by atoms with van der Waals surface area (Å²) >= 11 is 0. The van der Waals surface area contributed by atoms with E-state index in [2.05, 4.69) is 38.8 Å². The van der Waals surface area contributed by atoms with Gasteiger partial charge in [-0.05, 0) is 50.0 Å². The number of ether oxygens (including phenoxy) is 1. The van der Waals surface area contributed by atoms with Gasteiger partial charge in [0, 0.05) is 20.1 Å². The molecule has 1 aromatic heterocycles. The van der Waals surface area contributed by atoms with Gasteiger partial charge in [0.25, 0.3) is 0 Å². The highest BCUT2D eigenvalue weighted by Crippen LogP contribution is 2.26. The van der Waals surface area contributed by atoms with E-state index in [4.69, 9.17) is 10.5 Å². The van der Waals surface area contributed by atoms with Crippen molar-refractivity contribution in [1.82, 2.24) is 14.7 Å². The number of nitrogens with two attached hydrogens (primary N) is 1. The number of nitrogen functional groups attached to an aromatic ring is 1. The molecule has 0 radical (unpaired) electrons. The summed E-state index contributed by atoms with van der Waals surface area (Å²) in [5.74, 6) is 1.88. The van der Waals surface area contributed by atoms with Gasteiger partial charge in [0.05, 0.1) is 6.61 Å². The number of aromatic nitrogens is 2. The summed E-state index contributed by atoms with van der Waals surface area (Å²) in [6, 6.07) is 8.36. The summed E-state index contributed by atoms with van der Waals surface area (Å²) in [6.45, 7) is 4.66. The van der Waals surface area contributed by atoms with Crippen molar-refractivity contribution in [2.75, 3.05) is 42.6 Å². The van der Waals surface area contributed by atoms with Crippen molar-refractivity contribution in [1.29, 1.82) is 0 Å². The van der Waals surface area contributed by atoms with E-state index in [9.17, 15) is 4.79 Å². The number of aryl methyl sites for hydroxylation is 1. The molecular formula is C20H30N6O2. The Balaban J connectivity index is 1.43. The Morgan fingerprint density at radius 3 is 2.89 bits per heavy atom. The van der Waals surface area contributed by atoms with Crippen molar-refractivity contribution in [3.05, 3.63) is 29.8 Å². The van der Waals surface area contributed by atoms with Gasteiger partial charge in [-0.2, -0.15) is 5.10 Å². The zero-order chi connectivity index (χ0) is 19.8. The number of carbonyl (C=O) groups excluding carboxylic acids is 1. The van der Waals surface area contributed by atoms with Crippen LogP contribution in [0.3, 0.4) is 0 Å². The van der Waals surface area contributed by atoms with Gasteiger partial charge in [-0.15, -0.1) is 0 Å². The fourth-order valence-corrected chi connectivity index (χ4v) is 3.53. The van der Waals surface area contributed by atoms with E-state index >= 15 is 0 Å². The fourth-order valence-electron chi connectivity index (χ4n) is 3.53. The first-order valence-corrected chi connectivity index (χ1v) is 9.88. The third kappa shape index (κ3) is 5.39. The van der Waals surface area contributed by atoms with E-state index in [-0.39, 0.29) is 0 Å². The molecule has 1 saturated heterocycles. The quantitative estimate of drug-likeness (QED) is 0.429. The summed E-state index contributed by atoms with van der Waals surface area (Å²) in [4.78, 5) is 13.2. The van der Waals surface area contributed by atoms with Crippen LogP contribution < -0.4 is 21.1 Å². The van der Waals surface area contributed by atoms with Crippen LogP contribution in [0.5, 0.6) is 5.75 Å². The Kier molecular flexibility index (Phi) is 7.13. The Morgan fingerprint density at radius 2 is 2.11 bits per heavy atom. The molecule has 2 heterocycles. The van der Waals surface area contributed by atoms with E-state index in [1.807, 2.05) is 6.07 Å². The number of carbonyl (C=O) groups is 1. The summed E-state index contributed by atoms with van der Waals surface area (Å²) in [5, 5.41) is 9.95. The lowest BCUT2D eigenvalue weighted by molar-refractivity contribution is -0.105. The maximum absolute atomic E-state index is 10.7. The van der Waals surface area contributed by atoms with Crippen LogP contribution >= 0.6 is 0 Å². The van der Waals surface area contributed by atoms with Crippen molar-refractivity contribution in [2.45, 2.75) is 32.2 Å². The van der Waals surface area contributed by atoms with Gasteiger partial charge in [0.15, 0.2) is 5.82 Å². The van der Waals surface area contributed by atoms with Crippen molar-refractivity contribution in [3.8, 4) is 5.75 Å². The fraction of sp³-hybridized carbons (Fsp3) is 0.500. The first-order valence-electron chi connectivity index (χ1n) is 9.88. The lowest BCUT2D eigenvalue weighted by Crippen LogP contribution is -2.29. The molecule has 0 saturated carbocycles. The number of nitrogens with zero attached hydrogens (tertiary/aromatic N) is 3. The number of benzene rings is 1. The van der Waals surface area contributed by atoms with Gasteiger partial charge in [0.2, 0.25) is 6.41 Å². The van der Waals surface area contributed by atoms with Crippen LogP contribution in [0.1, 0.15) is 31.2 Å². The monoisotopic (exact) mass is 386 g/mol. The SMILES string of the molecule is Cn1nc(N)c(NC=O)c1NCCCOc1cccc(CN2CCCCC2)c1. The average molecular weight is 387 g/mol. The molecule has 1 aliphatic rings. The van der Waals surface area contributed by atoms with E-state index < -0.39 is 0 Å². The van der Waals surface area contributed by atoms with Crippen LogP contribution in [0.25, 0.3) is 0 Å². The van der Waals surface area contributed by atoms with Crippen LogP contribution in [0.2, 0.25) is 0 Å². The molecule has 0 bridgehead atoms. The minimum absolute atomic E-state index is 0.291. The Labute approximate surface area is 166 Å². The average Bonchev–Trinajstić information content (AvgIpc) is 2.96. The summed E-state index contributed by atoms with van der Waals surface area (Å²) in [5.41, 5.74) is 7.60. The zero-order valence-corrected chi connectivity index (χ0v) is 16.5. The Hall–Kier alpha value is -2.74. The van der Waals surface area contributed by atoms with E-state index in [0.29, 0.717) is 36.9 Å². The van der Waals surface area contributed by atoms with Crippen LogP contribution in [-0.4, -0.2) is 47.3 Å². The molecule has 0 atom stereocenters. The van der Waals surface area contributed by atoms with Gasteiger partial charge in [-0.1, -0.05) is 18.6 Å². The Morgan fingerprint density at radius 1 is 1.29 bits per heavy atom. The molecule has 4 N–H and O–H groups in total. The minimum Gasteiger partial charge on any atom is -0.494 e. The molecule has 1 aromatic carbocycles. The second-order valence-corrected chi connectivity index (χ2v) is 7.11. The second-order valence-electron chi connectivity index (χ2n) is 7.11. The van der Waals surface area contributed by atoms with Crippen LogP contribution in [0, 0.1) is 0 Å². The number of nitrogens with one attached hydrogen (secondary N) is 2. The number of hydrogen-bond acceptors (Lipinski definition) is 6. The first-order chi connectivity index (χ1) is 13.7. The zero-order valence-electron chi connectivity index (χ0n) is 16.5. The van der Waals surface area contributed by atoms with Gasteiger partial charge in [-0.3, -0.25) is 9.69 Å². The molecule has 8 nitrogen and oxygen atoms in total. The Bertz CT molecular complexity index is 770. The van der Waals surface area contributed by atoms with Gasteiger partial charge in [0.1, 0.15) is 17.3 Å². The molecule has 152 valence electrons. The number of hydrogen-bond donors (Lipinski definition) is 3. The summed E-state index contributed by atoms with van der Waals surface area (Å²) in [7, 11) is 1.78. The maximum atomic E-state index is 10.7. The highest BCUT2D eigenvalue weighted by molar-refractivity contribution is 5.86. The molecule has 0 unspecified atom stereocenters. The van der Waals surface area contributed by atoms with Crippen molar-refractivity contribution in [2.24, 2.45) is 7.05 Å². The number of anilines is 3. The highest BCUT2D eigenvalue weighted by atomic mass is 16.5. The standard InChI is InChI=1S/C20H30N6O2/c1-25-20(18(23-15-27)19(21)24-25)22-9-6-12-28-17-8-5-7-16(13-17)14-26-10-3-2-4-11-26/h5,7-8,13,15,22H,2-4,6,9-12,14H2,1H3,(H2,21,24)(H,23,27).